The van der Waals surface area contributed by atoms with Gasteiger partial charge in [0.15, 0.2) is 11.5 Å². The fourth-order valence-corrected chi connectivity index (χ4v) is 4.10. The molecule has 1 aliphatic heterocycles. The van der Waals surface area contributed by atoms with E-state index in [2.05, 4.69) is 5.32 Å². The van der Waals surface area contributed by atoms with E-state index in [1.807, 2.05) is 6.07 Å². The number of hydrogen-bond acceptors (Lipinski definition) is 5. The molecule has 2 amide bonds. The average Bonchev–Trinajstić information content (AvgIpc) is 3.40. The van der Waals surface area contributed by atoms with Crippen LogP contribution in [0.1, 0.15) is 41.6 Å². The zero-order chi connectivity index (χ0) is 22.0. The van der Waals surface area contributed by atoms with Gasteiger partial charge in [-0.2, -0.15) is 0 Å². The number of benzene rings is 2. The second-order valence-electron chi connectivity index (χ2n) is 7.82. The molecule has 1 fully saturated rings. The van der Waals surface area contributed by atoms with Gasteiger partial charge in [-0.25, -0.2) is 4.79 Å². The number of carboxylic acids is 1. The predicted molar refractivity (Wildman–Crippen MR) is 114 cm³/mol. The smallest absolute Gasteiger partial charge is 0.394 e. The van der Waals surface area contributed by atoms with Crippen LogP contribution in [0.3, 0.4) is 0 Å². The van der Waals surface area contributed by atoms with Gasteiger partial charge in [0.05, 0.1) is 20.3 Å². The molecule has 8 nitrogen and oxygen atoms in total. The van der Waals surface area contributed by atoms with Gasteiger partial charge in [0.25, 0.3) is 5.91 Å². The number of nitrogens with one attached hydrogen (secondary N) is 1. The summed E-state index contributed by atoms with van der Waals surface area (Å²) >= 11 is 0. The Labute approximate surface area is 179 Å². The molecule has 1 aliphatic carbocycles. The summed E-state index contributed by atoms with van der Waals surface area (Å²) in [6.45, 7) is 0.996. The Hall–Kier alpha value is -3.55. The summed E-state index contributed by atoms with van der Waals surface area (Å²) in [5.74, 6) is -1.20. The topological polar surface area (TPSA) is 105 Å². The van der Waals surface area contributed by atoms with Crippen molar-refractivity contribution in [3.05, 3.63) is 47.5 Å². The lowest BCUT2D eigenvalue weighted by atomic mass is 10.1. The molecule has 0 unspecified atom stereocenters. The summed E-state index contributed by atoms with van der Waals surface area (Å²) in [7, 11) is 1.58. The normalized spacial score (nSPS) is 15.6. The summed E-state index contributed by atoms with van der Waals surface area (Å²) in [6.07, 6.45) is 4.81. The number of rotatable bonds is 6. The van der Waals surface area contributed by atoms with Crippen LogP contribution in [0.15, 0.2) is 36.4 Å². The Morgan fingerprint density at radius 3 is 2.61 bits per heavy atom. The van der Waals surface area contributed by atoms with Crippen LogP contribution in [0, 0.1) is 5.92 Å². The number of hydrogen-bond donors (Lipinski definition) is 2. The quantitative estimate of drug-likeness (QED) is 0.688. The number of methoxy groups -OCH3 is 1. The molecule has 0 radical (unpaired) electrons. The minimum absolute atomic E-state index is 0.228. The second kappa shape index (κ2) is 8.67. The van der Waals surface area contributed by atoms with E-state index in [1.54, 1.807) is 36.3 Å². The second-order valence-corrected chi connectivity index (χ2v) is 7.82. The van der Waals surface area contributed by atoms with Crippen LogP contribution in [-0.4, -0.2) is 36.6 Å². The minimum atomic E-state index is -1.59. The standard InChI is InChI=1S/C23H24N2O6/c1-30-19-9-8-17(11-20(19)31-13-14-4-2-3-5-14)25-12-15-6-7-16(10-18(15)22(25)27)24-21(26)23(28)29/h6-11,14H,2-5,12-13H2,1H3,(H,24,26)(H,28,29). The summed E-state index contributed by atoms with van der Waals surface area (Å²) < 4.78 is 11.5. The molecular formula is C23H24N2O6. The van der Waals surface area contributed by atoms with Crippen molar-refractivity contribution in [1.29, 1.82) is 0 Å². The first-order chi connectivity index (χ1) is 15.0. The van der Waals surface area contributed by atoms with Gasteiger partial charge in [0.2, 0.25) is 0 Å². The molecule has 1 saturated carbocycles. The maximum absolute atomic E-state index is 13.0. The first kappa shape index (κ1) is 20.7. The number of carbonyl (C=O) groups excluding carboxylic acids is 2. The van der Waals surface area contributed by atoms with Gasteiger partial charge in [-0.05, 0) is 48.6 Å². The number of carbonyl (C=O) groups is 3. The molecule has 4 rings (SSSR count). The van der Waals surface area contributed by atoms with Crippen LogP contribution in [0.2, 0.25) is 0 Å². The third-order valence-electron chi connectivity index (χ3n) is 5.77. The largest absolute Gasteiger partial charge is 0.493 e. The highest BCUT2D eigenvalue weighted by Crippen LogP contribution is 2.37. The summed E-state index contributed by atoms with van der Waals surface area (Å²) in [6, 6.07) is 10.2. The molecule has 31 heavy (non-hydrogen) atoms. The Morgan fingerprint density at radius 2 is 1.90 bits per heavy atom. The number of amides is 2. The molecule has 8 heteroatoms. The molecule has 0 atom stereocenters. The molecule has 2 aromatic carbocycles. The zero-order valence-electron chi connectivity index (χ0n) is 17.2. The summed E-state index contributed by atoms with van der Waals surface area (Å²) in [5, 5.41) is 11.0. The molecule has 0 saturated heterocycles. The van der Waals surface area contributed by atoms with E-state index in [1.165, 1.54) is 31.7 Å². The van der Waals surface area contributed by atoms with Crippen molar-refractivity contribution >= 4 is 29.2 Å². The summed E-state index contributed by atoms with van der Waals surface area (Å²) in [4.78, 5) is 36.8. The maximum atomic E-state index is 13.0. The Bertz CT molecular complexity index is 1030. The lowest BCUT2D eigenvalue weighted by Crippen LogP contribution is -2.23. The van der Waals surface area contributed by atoms with Crippen LogP contribution >= 0.6 is 0 Å². The molecule has 162 valence electrons. The van der Waals surface area contributed by atoms with Crippen LogP contribution < -0.4 is 19.7 Å². The number of nitrogens with zero attached hydrogens (tertiary/aromatic N) is 1. The first-order valence-electron chi connectivity index (χ1n) is 10.3. The molecule has 2 aromatic rings. The lowest BCUT2D eigenvalue weighted by molar-refractivity contribution is -0.147. The molecular weight excluding hydrogens is 400 g/mol. The van der Waals surface area contributed by atoms with Crippen LogP contribution in [0.25, 0.3) is 0 Å². The Kier molecular flexibility index (Phi) is 5.79. The lowest BCUT2D eigenvalue weighted by Gasteiger charge is -2.19. The van der Waals surface area contributed by atoms with Crippen molar-refractivity contribution in [2.45, 2.75) is 32.2 Å². The zero-order valence-corrected chi connectivity index (χ0v) is 17.2. The van der Waals surface area contributed by atoms with Gasteiger partial charge in [-0.1, -0.05) is 18.9 Å². The van der Waals surface area contributed by atoms with Crippen molar-refractivity contribution in [3.8, 4) is 11.5 Å². The third kappa shape index (κ3) is 4.33. The molecule has 2 aliphatic rings. The van der Waals surface area contributed by atoms with Gasteiger partial charge in [0, 0.05) is 23.0 Å². The van der Waals surface area contributed by atoms with Gasteiger partial charge in [-0.15, -0.1) is 0 Å². The van der Waals surface area contributed by atoms with Crippen molar-refractivity contribution in [2.75, 3.05) is 23.9 Å². The van der Waals surface area contributed by atoms with E-state index in [0.717, 1.165) is 5.56 Å². The fourth-order valence-electron chi connectivity index (χ4n) is 4.10. The van der Waals surface area contributed by atoms with Crippen LogP contribution in [0.5, 0.6) is 11.5 Å². The highest BCUT2D eigenvalue weighted by Gasteiger charge is 2.30. The van der Waals surface area contributed by atoms with Crippen molar-refractivity contribution in [3.63, 3.8) is 0 Å². The Balaban J connectivity index is 1.53. The number of fused-ring (bicyclic) bond motifs is 1. The number of anilines is 2. The van der Waals surface area contributed by atoms with Crippen molar-refractivity contribution in [1.82, 2.24) is 0 Å². The Morgan fingerprint density at radius 1 is 1.13 bits per heavy atom. The van der Waals surface area contributed by atoms with Gasteiger partial charge < -0.3 is 24.8 Å². The molecule has 1 heterocycles. The van der Waals surface area contributed by atoms with E-state index < -0.39 is 11.9 Å². The molecule has 2 N–H and O–H groups in total. The highest BCUT2D eigenvalue weighted by molar-refractivity contribution is 6.36. The minimum Gasteiger partial charge on any atom is -0.493 e. The van der Waals surface area contributed by atoms with E-state index in [0.29, 0.717) is 41.8 Å². The third-order valence-corrected chi connectivity index (χ3v) is 5.77. The van der Waals surface area contributed by atoms with Crippen LogP contribution in [-0.2, 0) is 16.1 Å². The highest BCUT2D eigenvalue weighted by atomic mass is 16.5. The number of carboxylic acid groups (broad SMARTS) is 1. The summed E-state index contributed by atoms with van der Waals surface area (Å²) in [5.41, 5.74) is 2.16. The van der Waals surface area contributed by atoms with Crippen LogP contribution in [0.4, 0.5) is 11.4 Å². The molecule has 0 spiro atoms. The van der Waals surface area contributed by atoms with Gasteiger partial charge in [-0.3, -0.25) is 9.59 Å². The SMILES string of the molecule is COc1ccc(N2Cc3ccc(NC(=O)C(=O)O)cc3C2=O)cc1OCC1CCCC1. The van der Waals surface area contributed by atoms with Gasteiger partial charge >= 0.3 is 11.9 Å². The fraction of sp³-hybridized carbons (Fsp3) is 0.348. The maximum Gasteiger partial charge on any atom is 0.394 e. The molecule has 0 bridgehead atoms. The first-order valence-corrected chi connectivity index (χ1v) is 10.3. The van der Waals surface area contributed by atoms with E-state index in [4.69, 9.17) is 14.6 Å². The molecule has 0 aromatic heterocycles. The average molecular weight is 424 g/mol. The monoisotopic (exact) mass is 424 g/mol. The van der Waals surface area contributed by atoms with E-state index in [-0.39, 0.29) is 11.6 Å². The van der Waals surface area contributed by atoms with E-state index in [9.17, 15) is 14.4 Å². The predicted octanol–water partition coefficient (Wildman–Crippen LogP) is 3.45. The van der Waals surface area contributed by atoms with Crippen molar-refractivity contribution in [2.24, 2.45) is 5.92 Å². The van der Waals surface area contributed by atoms with E-state index >= 15 is 0 Å². The van der Waals surface area contributed by atoms with Crippen molar-refractivity contribution < 1.29 is 29.0 Å². The van der Waals surface area contributed by atoms with Gasteiger partial charge in [0.1, 0.15) is 0 Å². The number of aliphatic carboxylic acids is 1. The number of ether oxygens (including phenoxy) is 2.